The maximum absolute atomic E-state index is 13.3. The molecule has 1 aromatic heterocycles. The molecule has 1 saturated heterocycles. The minimum atomic E-state index is -0.482. The minimum absolute atomic E-state index is 0.119. The summed E-state index contributed by atoms with van der Waals surface area (Å²) in [5.74, 6) is -0.482. The second-order valence-corrected chi connectivity index (χ2v) is 5.18. The highest BCUT2D eigenvalue weighted by Crippen LogP contribution is 2.09. The first-order valence-electron chi connectivity index (χ1n) is 6.81. The predicted octanol–water partition coefficient (Wildman–Crippen LogP) is 0.971. The van der Waals surface area contributed by atoms with Crippen molar-refractivity contribution < 1.29 is 4.39 Å². The van der Waals surface area contributed by atoms with Gasteiger partial charge in [-0.25, -0.2) is 9.18 Å². The zero-order valence-corrected chi connectivity index (χ0v) is 11.0. The van der Waals surface area contributed by atoms with Crippen LogP contribution < -0.4 is 16.6 Å². The fourth-order valence-electron chi connectivity index (χ4n) is 2.69. The molecule has 1 atom stereocenters. The van der Waals surface area contributed by atoms with Gasteiger partial charge < -0.3 is 10.3 Å². The van der Waals surface area contributed by atoms with E-state index in [2.05, 4.69) is 10.3 Å². The number of fused-ring (bicyclic) bond motifs is 1. The van der Waals surface area contributed by atoms with Crippen LogP contribution in [-0.4, -0.2) is 22.1 Å². The lowest BCUT2D eigenvalue weighted by Crippen LogP contribution is -2.44. The standard InChI is InChI=1S/C14H16FN3O2/c15-9-4-5-12-11(7-9)13(19)18(14(20)17-12)8-10-3-1-2-6-16-10/h4-5,7,10,16H,1-3,6,8H2,(H,17,20). The fourth-order valence-corrected chi connectivity index (χ4v) is 2.69. The van der Waals surface area contributed by atoms with Crippen LogP contribution in [0, 0.1) is 5.82 Å². The van der Waals surface area contributed by atoms with Crippen LogP contribution >= 0.6 is 0 Å². The Morgan fingerprint density at radius 2 is 2.15 bits per heavy atom. The lowest BCUT2D eigenvalue weighted by Gasteiger charge is -2.23. The molecule has 1 aliphatic heterocycles. The highest BCUT2D eigenvalue weighted by molar-refractivity contribution is 5.77. The van der Waals surface area contributed by atoms with E-state index in [1.807, 2.05) is 0 Å². The molecule has 3 rings (SSSR count). The predicted molar refractivity (Wildman–Crippen MR) is 74.4 cm³/mol. The Labute approximate surface area is 114 Å². The molecule has 2 N–H and O–H groups in total. The Kier molecular flexibility index (Phi) is 3.40. The van der Waals surface area contributed by atoms with Crippen LogP contribution in [0.5, 0.6) is 0 Å². The average molecular weight is 277 g/mol. The van der Waals surface area contributed by atoms with Crippen LogP contribution in [0.25, 0.3) is 10.9 Å². The molecule has 2 aromatic rings. The highest BCUT2D eigenvalue weighted by atomic mass is 19.1. The molecule has 1 unspecified atom stereocenters. The Hall–Kier alpha value is -1.95. The van der Waals surface area contributed by atoms with Gasteiger partial charge in [0, 0.05) is 12.6 Å². The van der Waals surface area contributed by atoms with Crippen molar-refractivity contribution >= 4 is 10.9 Å². The number of piperidine rings is 1. The summed E-state index contributed by atoms with van der Waals surface area (Å²) in [7, 11) is 0. The molecule has 0 aliphatic carbocycles. The fraction of sp³-hybridized carbons (Fsp3) is 0.429. The van der Waals surface area contributed by atoms with Crippen molar-refractivity contribution in [3.8, 4) is 0 Å². The lowest BCUT2D eigenvalue weighted by molar-refractivity contribution is 0.355. The van der Waals surface area contributed by atoms with Crippen molar-refractivity contribution in [3.63, 3.8) is 0 Å². The molecule has 2 heterocycles. The van der Waals surface area contributed by atoms with Crippen LogP contribution in [0.15, 0.2) is 27.8 Å². The van der Waals surface area contributed by atoms with Crippen LogP contribution in [0.1, 0.15) is 19.3 Å². The third kappa shape index (κ3) is 2.38. The largest absolute Gasteiger partial charge is 0.328 e. The molecule has 106 valence electrons. The summed E-state index contributed by atoms with van der Waals surface area (Å²) in [6.45, 7) is 1.22. The van der Waals surface area contributed by atoms with Crippen LogP contribution in [0.4, 0.5) is 4.39 Å². The van der Waals surface area contributed by atoms with Crippen LogP contribution in [0.2, 0.25) is 0 Å². The number of H-pyrrole nitrogens is 1. The maximum Gasteiger partial charge on any atom is 0.328 e. The number of nitrogens with zero attached hydrogens (tertiary/aromatic N) is 1. The van der Waals surface area contributed by atoms with E-state index in [1.54, 1.807) is 0 Å². The number of aromatic amines is 1. The van der Waals surface area contributed by atoms with E-state index < -0.39 is 17.1 Å². The van der Waals surface area contributed by atoms with Gasteiger partial charge in [0.25, 0.3) is 5.56 Å². The minimum Gasteiger partial charge on any atom is -0.312 e. The summed E-state index contributed by atoms with van der Waals surface area (Å²) in [4.78, 5) is 27.0. The Balaban J connectivity index is 2.05. The van der Waals surface area contributed by atoms with Gasteiger partial charge in [-0.15, -0.1) is 0 Å². The number of hydrogen-bond donors (Lipinski definition) is 2. The van der Waals surface area contributed by atoms with Gasteiger partial charge >= 0.3 is 5.69 Å². The van der Waals surface area contributed by atoms with Gasteiger partial charge in [0.15, 0.2) is 0 Å². The van der Waals surface area contributed by atoms with E-state index in [1.165, 1.54) is 18.2 Å². The molecule has 0 radical (unpaired) electrons. The second-order valence-electron chi connectivity index (χ2n) is 5.18. The normalized spacial score (nSPS) is 19.4. The average Bonchev–Trinajstić information content (AvgIpc) is 2.46. The van der Waals surface area contributed by atoms with Gasteiger partial charge in [0.1, 0.15) is 5.82 Å². The van der Waals surface area contributed by atoms with E-state index in [0.717, 1.165) is 30.4 Å². The molecule has 20 heavy (non-hydrogen) atoms. The quantitative estimate of drug-likeness (QED) is 0.859. The van der Waals surface area contributed by atoms with Crippen molar-refractivity contribution in [2.75, 3.05) is 6.54 Å². The molecular formula is C14H16FN3O2. The Morgan fingerprint density at radius 3 is 2.90 bits per heavy atom. The number of hydrogen-bond acceptors (Lipinski definition) is 3. The van der Waals surface area contributed by atoms with E-state index in [0.29, 0.717) is 12.1 Å². The summed E-state index contributed by atoms with van der Waals surface area (Å²) in [5, 5.41) is 3.50. The van der Waals surface area contributed by atoms with Gasteiger partial charge in [0.2, 0.25) is 0 Å². The van der Waals surface area contributed by atoms with Gasteiger partial charge in [-0.2, -0.15) is 0 Å². The maximum atomic E-state index is 13.3. The first-order chi connectivity index (χ1) is 9.65. The number of benzene rings is 1. The van der Waals surface area contributed by atoms with Crippen LogP contribution in [0.3, 0.4) is 0 Å². The van der Waals surface area contributed by atoms with E-state index in [9.17, 15) is 14.0 Å². The van der Waals surface area contributed by atoms with Crippen LogP contribution in [-0.2, 0) is 6.54 Å². The molecular weight excluding hydrogens is 261 g/mol. The van der Waals surface area contributed by atoms with Crippen molar-refractivity contribution in [2.24, 2.45) is 0 Å². The lowest BCUT2D eigenvalue weighted by atomic mass is 10.1. The SMILES string of the molecule is O=c1[nH]c2ccc(F)cc2c(=O)n1CC1CCCCN1. The third-order valence-electron chi connectivity index (χ3n) is 3.76. The number of halogens is 1. The molecule has 1 fully saturated rings. The van der Waals surface area contributed by atoms with Crippen molar-refractivity contribution in [3.05, 3.63) is 44.9 Å². The molecule has 6 heteroatoms. The summed E-state index contributed by atoms with van der Waals surface area (Å²) in [6, 6.07) is 3.92. The van der Waals surface area contributed by atoms with Gasteiger partial charge in [-0.05, 0) is 37.6 Å². The zero-order valence-electron chi connectivity index (χ0n) is 11.0. The molecule has 0 saturated carbocycles. The Morgan fingerprint density at radius 1 is 1.30 bits per heavy atom. The molecule has 0 spiro atoms. The number of nitrogens with one attached hydrogen (secondary N) is 2. The summed E-state index contributed by atoms with van der Waals surface area (Å²) in [6.07, 6.45) is 3.14. The van der Waals surface area contributed by atoms with Crippen molar-refractivity contribution in [1.29, 1.82) is 0 Å². The molecule has 1 aliphatic rings. The third-order valence-corrected chi connectivity index (χ3v) is 3.76. The molecule has 5 nitrogen and oxygen atoms in total. The summed E-state index contributed by atoms with van der Waals surface area (Å²) >= 11 is 0. The Bertz CT molecular complexity index is 744. The molecule has 0 bridgehead atoms. The highest BCUT2D eigenvalue weighted by Gasteiger charge is 2.16. The topological polar surface area (TPSA) is 66.9 Å². The first-order valence-corrected chi connectivity index (χ1v) is 6.81. The van der Waals surface area contributed by atoms with E-state index in [4.69, 9.17) is 0 Å². The number of rotatable bonds is 2. The molecule has 1 aromatic carbocycles. The van der Waals surface area contributed by atoms with E-state index in [-0.39, 0.29) is 11.4 Å². The number of aromatic nitrogens is 2. The zero-order chi connectivity index (χ0) is 14.1. The van der Waals surface area contributed by atoms with Gasteiger partial charge in [-0.1, -0.05) is 6.42 Å². The first kappa shape index (κ1) is 13.1. The monoisotopic (exact) mass is 277 g/mol. The van der Waals surface area contributed by atoms with E-state index >= 15 is 0 Å². The smallest absolute Gasteiger partial charge is 0.312 e. The van der Waals surface area contributed by atoms with Crippen molar-refractivity contribution in [1.82, 2.24) is 14.9 Å². The molecule has 0 amide bonds. The second kappa shape index (κ2) is 5.20. The van der Waals surface area contributed by atoms with Gasteiger partial charge in [0.05, 0.1) is 10.9 Å². The van der Waals surface area contributed by atoms with Crippen molar-refractivity contribution in [2.45, 2.75) is 31.8 Å². The summed E-state index contributed by atoms with van der Waals surface area (Å²) in [5.41, 5.74) is -0.508. The van der Waals surface area contributed by atoms with Gasteiger partial charge in [-0.3, -0.25) is 9.36 Å². The summed E-state index contributed by atoms with van der Waals surface area (Å²) < 4.78 is 14.4.